The molecule has 63 heavy (non-hydrogen) atoms. The van der Waals surface area contributed by atoms with Gasteiger partial charge in [0.05, 0.1) is 27.5 Å². The van der Waals surface area contributed by atoms with Crippen molar-refractivity contribution in [2.45, 2.75) is 19.0 Å². The number of amidine groups is 1. The fourth-order valence-electron chi connectivity index (χ4n) is 10.9. The molecule has 1 aliphatic heterocycles. The Morgan fingerprint density at radius 1 is 0.524 bits per heavy atom. The molecule has 1 atom stereocenters. The number of aliphatic imine (C=N–C) groups is 1. The summed E-state index contributed by atoms with van der Waals surface area (Å²) >= 11 is 0. The highest BCUT2D eigenvalue weighted by Gasteiger charge is 2.28. The van der Waals surface area contributed by atoms with Crippen molar-refractivity contribution in [1.29, 1.82) is 0 Å². The second kappa shape index (κ2) is 12.2. The Morgan fingerprint density at radius 2 is 1.29 bits per heavy atom. The summed E-state index contributed by atoms with van der Waals surface area (Å²) in [5.41, 5.74) is 12.8. The van der Waals surface area contributed by atoms with E-state index < -0.39 is 6.17 Å². The van der Waals surface area contributed by atoms with Gasteiger partial charge in [0.25, 0.3) is 0 Å². The lowest BCUT2D eigenvalue weighted by atomic mass is 9.94. The molecular formula is C57H34N4O2. The van der Waals surface area contributed by atoms with E-state index in [1.54, 1.807) is 0 Å². The van der Waals surface area contributed by atoms with Gasteiger partial charge in [-0.2, -0.15) is 0 Å². The van der Waals surface area contributed by atoms with Crippen LogP contribution in [0.2, 0.25) is 0 Å². The van der Waals surface area contributed by atoms with E-state index in [0.717, 1.165) is 112 Å². The molecule has 1 unspecified atom stereocenters. The van der Waals surface area contributed by atoms with Crippen LogP contribution < -0.4 is 5.49 Å². The summed E-state index contributed by atoms with van der Waals surface area (Å²) in [6.07, 6.45) is 6.05. The summed E-state index contributed by atoms with van der Waals surface area (Å²) in [5.74, 6) is 0.614. The van der Waals surface area contributed by atoms with Crippen LogP contribution in [0.15, 0.2) is 189 Å². The third-order valence-electron chi connectivity index (χ3n) is 13.8. The predicted molar refractivity (Wildman–Crippen MR) is 258 cm³/mol. The highest BCUT2D eigenvalue weighted by molar-refractivity contribution is 6.22. The number of aromatic nitrogens is 2. The summed E-state index contributed by atoms with van der Waals surface area (Å²) in [6, 6.07) is 59.1. The normalized spacial score (nSPS) is 15.2. The Morgan fingerprint density at radius 3 is 2.22 bits per heavy atom. The lowest BCUT2D eigenvalue weighted by molar-refractivity contribution is 0.594. The third-order valence-corrected chi connectivity index (χ3v) is 13.8. The van der Waals surface area contributed by atoms with Gasteiger partial charge in [-0.1, -0.05) is 121 Å². The van der Waals surface area contributed by atoms with Crippen molar-refractivity contribution in [3.63, 3.8) is 0 Å². The number of nitrogens with zero attached hydrogens (tertiary/aromatic N) is 4. The standard InChI is InChI=1S/C57H34N4O2/c1-2-12-34-28-37(21-20-32(34)10-1)56-58-55(45-18-9-17-42-41-16-7-8-19-50(41)62-53(42)45)59-57-51-47(27-26-44-43-24-22-33-11-5-6-15-39(33)52(43)63-54(44)51)61-48-30-36-14-4-3-13-35(36)29-46(48)40-25-23-38(60(56)57)31-49(40)61/h1,3-11,13-31,56H,2,12H2. The van der Waals surface area contributed by atoms with Gasteiger partial charge in [-0.25, -0.2) is 9.98 Å². The molecule has 0 spiro atoms. The maximum Gasteiger partial charge on any atom is 0.163 e. The highest BCUT2D eigenvalue weighted by Crippen LogP contribution is 2.41. The Bertz CT molecular complexity index is 4340. The van der Waals surface area contributed by atoms with Crippen molar-refractivity contribution < 1.29 is 8.83 Å². The first-order chi connectivity index (χ1) is 31.2. The number of benzene rings is 9. The molecule has 6 heteroatoms. The van der Waals surface area contributed by atoms with Crippen LogP contribution >= 0.6 is 0 Å². The molecule has 0 fully saturated rings. The average molecular weight is 807 g/mol. The quantitative estimate of drug-likeness (QED) is 0.175. The number of rotatable bonds is 2. The second-order valence-corrected chi connectivity index (χ2v) is 17.2. The van der Waals surface area contributed by atoms with Gasteiger partial charge in [-0.05, 0) is 100 Å². The van der Waals surface area contributed by atoms with Gasteiger partial charge in [0, 0.05) is 43.2 Å². The van der Waals surface area contributed by atoms with Gasteiger partial charge in [-0.3, -0.25) is 4.57 Å². The number of allylic oxidation sites excluding steroid dienone is 1. The van der Waals surface area contributed by atoms with E-state index in [0.29, 0.717) is 5.84 Å². The monoisotopic (exact) mass is 806 g/mol. The van der Waals surface area contributed by atoms with Crippen molar-refractivity contribution in [2.75, 3.05) is 0 Å². The number of hydrogen-bond acceptors (Lipinski definition) is 4. The van der Waals surface area contributed by atoms with Crippen molar-refractivity contribution in [3.05, 3.63) is 198 Å². The van der Waals surface area contributed by atoms with E-state index in [2.05, 4.69) is 173 Å². The van der Waals surface area contributed by atoms with Gasteiger partial charge in [0.1, 0.15) is 22.3 Å². The van der Waals surface area contributed by atoms with Crippen LogP contribution in [-0.4, -0.2) is 14.8 Å². The van der Waals surface area contributed by atoms with Gasteiger partial charge < -0.3 is 13.2 Å². The van der Waals surface area contributed by atoms with Crippen LogP contribution in [0.5, 0.6) is 0 Å². The summed E-state index contributed by atoms with van der Waals surface area (Å²) in [6.45, 7) is 0. The van der Waals surface area contributed by atoms with Crippen LogP contribution in [0, 0.1) is 0 Å². The molecular weight excluding hydrogens is 773 g/mol. The van der Waals surface area contributed by atoms with Gasteiger partial charge in [0.15, 0.2) is 17.5 Å². The molecule has 0 radical (unpaired) electrons. The molecule has 0 N–H and O–H groups in total. The molecule has 0 saturated heterocycles. The van der Waals surface area contributed by atoms with E-state index in [1.165, 1.54) is 32.7 Å². The lowest BCUT2D eigenvalue weighted by Crippen LogP contribution is -2.31. The molecule has 4 aromatic heterocycles. The summed E-state index contributed by atoms with van der Waals surface area (Å²) in [7, 11) is 0. The van der Waals surface area contributed by atoms with E-state index in [9.17, 15) is 0 Å². The van der Waals surface area contributed by atoms with E-state index >= 15 is 0 Å². The summed E-state index contributed by atoms with van der Waals surface area (Å²) < 4.78 is 18.8. The van der Waals surface area contributed by atoms with Gasteiger partial charge >= 0.3 is 0 Å². The molecule has 0 saturated carbocycles. The molecule has 2 bridgehead atoms. The molecule has 2 aliphatic rings. The molecule has 13 aromatic rings. The Labute approximate surface area is 358 Å². The fraction of sp³-hybridized carbons (Fsp3) is 0.0526. The molecule has 294 valence electrons. The number of hydrogen-bond donors (Lipinski definition) is 0. The van der Waals surface area contributed by atoms with Gasteiger partial charge in [0.2, 0.25) is 0 Å². The summed E-state index contributed by atoms with van der Waals surface area (Å²) in [4.78, 5) is 11.5. The molecule has 0 amide bonds. The summed E-state index contributed by atoms with van der Waals surface area (Å²) in [5, 5.41) is 12.2. The maximum atomic E-state index is 7.31. The first-order valence-corrected chi connectivity index (χ1v) is 21.7. The lowest BCUT2D eigenvalue weighted by Gasteiger charge is -2.25. The van der Waals surface area contributed by atoms with Crippen molar-refractivity contribution in [2.24, 2.45) is 9.98 Å². The predicted octanol–water partition coefficient (Wildman–Crippen LogP) is 14.2. The minimum Gasteiger partial charge on any atom is -0.455 e. The van der Waals surface area contributed by atoms with E-state index in [-0.39, 0.29) is 0 Å². The molecule has 1 aliphatic carbocycles. The smallest absolute Gasteiger partial charge is 0.163 e. The number of furan rings is 2. The van der Waals surface area contributed by atoms with Crippen LogP contribution in [0.4, 0.5) is 0 Å². The molecule has 9 aromatic carbocycles. The zero-order valence-corrected chi connectivity index (χ0v) is 33.8. The zero-order chi connectivity index (χ0) is 40.9. The number of para-hydroxylation sites is 2. The van der Waals surface area contributed by atoms with Crippen molar-refractivity contribution in [3.8, 4) is 0 Å². The number of aryl methyl sites for hydroxylation is 1. The Balaban J connectivity index is 1.18. The maximum absolute atomic E-state index is 7.31. The Hall–Kier alpha value is -8.22. The molecule has 6 nitrogen and oxygen atoms in total. The second-order valence-electron chi connectivity index (χ2n) is 17.2. The zero-order valence-electron chi connectivity index (χ0n) is 33.8. The third kappa shape index (κ3) is 4.56. The molecule has 15 rings (SSSR count). The van der Waals surface area contributed by atoms with Crippen LogP contribution in [0.3, 0.4) is 0 Å². The Kier molecular flexibility index (Phi) is 6.49. The van der Waals surface area contributed by atoms with E-state index in [4.69, 9.17) is 18.8 Å². The number of fused-ring (bicyclic) bond motifs is 20. The topological polar surface area (TPSA) is 60.3 Å². The first-order valence-electron chi connectivity index (χ1n) is 21.7. The first kappa shape index (κ1) is 33.5. The molecule has 5 heterocycles. The van der Waals surface area contributed by atoms with Crippen molar-refractivity contribution in [1.82, 2.24) is 8.97 Å². The van der Waals surface area contributed by atoms with Crippen LogP contribution in [-0.2, 0) is 6.42 Å². The van der Waals surface area contributed by atoms with E-state index in [1.807, 2.05) is 12.1 Å². The highest BCUT2D eigenvalue weighted by atomic mass is 16.3. The minimum absolute atomic E-state index is 0.465. The van der Waals surface area contributed by atoms with Crippen LogP contribution in [0.1, 0.15) is 34.8 Å². The average Bonchev–Trinajstić information content (AvgIpc) is 4.01. The largest absolute Gasteiger partial charge is 0.455 e. The minimum atomic E-state index is -0.465. The van der Waals surface area contributed by atoms with Gasteiger partial charge in [-0.15, -0.1) is 0 Å². The van der Waals surface area contributed by atoms with Crippen LogP contribution in [0.25, 0.3) is 110 Å². The fourth-order valence-corrected chi connectivity index (χ4v) is 10.9. The van der Waals surface area contributed by atoms with Crippen molar-refractivity contribution >= 4 is 116 Å². The SMILES string of the molecule is C1=Cc2ccc(C3N=C(c4cccc5c4oc4ccccc45)N=c4c5c6oc7c8ccccc8ccc7c6ccc5n5c6cc7ccccc7cc6c6ccc(cc65)n43)cc2CC1.